The van der Waals surface area contributed by atoms with Gasteiger partial charge in [0.25, 0.3) is 5.91 Å². The lowest BCUT2D eigenvalue weighted by Gasteiger charge is -2.06. The van der Waals surface area contributed by atoms with Crippen molar-refractivity contribution >= 4 is 43.7 Å². The van der Waals surface area contributed by atoms with Gasteiger partial charge in [0, 0.05) is 21.1 Å². The maximum absolute atomic E-state index is 12.1. The van der Waals surface area contributed by atoms with E-state index in [2.05, 4.69) is 47.7 Å². The molecule has 22 heavy (non-hydrogen) atoms. The van der Waals surface area contributed by atoms with Gasteiger partial charge in [0.1, 0.15) is 5.69 Å². The molecule has 0 aliphatic heterocycles. The van der Waals surface area contributed by atoms with E-state index in [4.69, 9.17) is 0 Å². The Bertz CT molecular complexity index is 729. The highest BCUT2D eigenvalue weighted by atomic mass is 79.9. The fraction of sp³-hybridized carbons (Fsp3) is 0.200. The largest absolute Gasteiger partial charge is 0.356 e. The van der Waals surface area contributed by atoms with Crippen LogP contribution in [0.25, 0.3) is 0 Å². The maximum Gasteiger partial charge on any atom is 0.286 e. The second kappa shape index (κ2) is 6.26. The molecule has 2 unspecified atom stereocenters. The highest BCUT2D eigenvalue weighted by Crippen LogP contribution is 2.47. The van der Waals surface area contributed by atoms with Crippen LogP contribution in [0.1, 0.15) is 28.4 Å². The SMILES string of the molecule is O=C(NNC(=O)C1CC1c1cccc(Br)c1)c1cc(Br)c[nH]1. The lowest BCUT2D eigenvalue weighted by atomic mass is 10.1. The Morgan fingerprint density at radius 3 is 2.64 bits per heavy atom. The lowest BCUT2D eigenvalue weighted by molar-refractivity contribution is -0.123. The van der Waals surface area contributed by atoms with Crippen molar-refractivity contribution in [2.75, 3.05) is 0 Å². The fourth-order valence-electron chi connectivity index (χ4n) is 2.37. The summed E-state index contributed by atoms with van der Waals surface area (Å²) in [5, 5.41) is 0. The number of hydrazine groups is 1. The Hall–Kier alpha value is -1.60. The van der Waals surface area contributed by atoms with Crippen molar-refractivity contribution in [3.63, 3.8) is 0 Å². The van der Waals surface area contributed by atoms with Crippen LogP contribution in [0.2, 0.25) is 0 Å². The molecule has 5 nitrogen and oxygen atoms in total. The van der Waals surface area contributed by atoms with E-state index in [1.807, 2.05) is 24.3 Å². The standard InChI is InChI=1S/C15H13Br2N3O2/c16-9-3-1-2-8(4-9)11-6-12(11)14(21)19-20-15(22)13-5-10(17)7-18-13/h1-5,7,11-12,18H,6H2,(H,19,21)(H,20,22). The molecule has 1 aromatic carbocycles. The predicted octanol–water partition coefficient (Wildman–Crippen LogP) is 3.10. The zero-order valence-electron chi connectivity index (χ0n) is 11.4. The number of carbonyl (C=O) groups excluding carboxylic acids is 2. The van der Waals surface area contributed by atoms with Crippen LogP contribution in [0, 0.1) is 5.92 Å². The molecule has 0 saturated heterocycles. The van der Waals surface area contributed by atoms with Gasteiger partial charge in [0.05, 0.1) is 0 Å². The van der Waals surface area contributed by atoms with Crippen molar-refractivity contribution in [2.45, 2.75) is 12.3 Å². The first-order chi connectivity index (χ1) is 10.5. The first-order valence-electron chi connectivity index (χ1n) is 6.74. The molecule has 1 aliphatic rings. The average molecular weight is 427 g/mol. The van der Waals surface area contributed by atoms with Crippen LogP contribution in [0.4, 0.5) is 0 Å². The van der Waals surface area contributed by atoms with Crippen LogP contribution >= 0.6 is 31.9 Å². The van der Waals surface area contributed by atoms with Crippen LogP contribution in [0.3, 0.4) is 0 Å². The van der Waals surface area contributed by atoms with Crippen molar-refractivity contribution in [1.29, 1.82) is 0 Å². The van der Waals surface area contributed by atoms with Gasteiger partial charge in [-0.3, -0.25) is 20.4 Å². The summed E-state index contributed by atoms with van der Waals surface area (Å²) in [7, 11) is 0. The molecule has 3 rings (SSSR count). The van der Waals surface area contributed by atoms with Gasteiger partial charge in [0.15, 0.2) is 0 Å². The van der Waals surface area contributed by atoms with Gasteiger partial charge in [-0.1, -0.05) is 28.1 Å². The van der Waals surface area contributed by atoms with E-state index in [0.717, 1.165) is 20.9 Å². The van der Waals surface area contributed by atoms with Crippen LogP contribution in [-0.2, 0) is 4.79 Å². The molecule has 114 valence electrons. The smallest absolute Gasteiger partial charge is 0.286 e. The van der Waals surface area contributed by atoms with Crippen molar-refractivity contribution in [1.82, 2.24) is 15.8 Å². The summed E-state index contributed by atoms with van der Waals surface area (Å²) in [4.78, 5) is 26.7. The van der Waals surface area contributed by atoms with Gasteiger partial charge in [-0.05, 0) is 52.0 Å². The molecule has 1 saturated carbocycles. The second-order valence-electron chi connectivity index (χ2n) is 5.18. The average Bonchev–Trinajstić information content (AvgIpc) is 3.19. The zero-order valence-corrected chi connectivity index (χ0v) is 14.6. The van der Waals surface area contributed by atoms with E-state index < -0.39 is 0 Å². The number of rotatable bonds is 3. The van der Waals surface area contributed by atoms with E-state index in [1.54, 1.807) is 12.3 Å². The Morgan fingerprint density at radius 2 is 1.95 bits per heavy atom. The molecule has 7 heteroatoms. The molecule has 1 aliphatic carbocycles. The monoisotopic (exact) mass is 425 g/mol. The van der Waals surface area contributed by atoms with E-state index in [0.29, 0.717) is 5.69 Å². The minimum absolute atomic E-state index is 0.0926. The molecule has 2 atom stereocenters. The fourth-order valence-corrected chi connectivity index (χ4v) is 3.13. The molecule has 2 amide bonds. The molecule has 2 aromatic rings. The molecule has 0 bridgehead atoms. The predicted molar refractivity (Wildman–Crippen MR) is 89.1 cm³/mol. The number of aromatic amines is 1. The van der Waals surface area contributed by atoms with Crippen molar-refractivity contribution in [2.24, 2.45) is 5.92 Å². The number of hydrogen-bond donors (Lipinski definition) is 3. The van der Waals surface area contributed by atoms with Gasteiger partial charge < -0.3 is 4.98 Å². The molecule has 1 fully saturated rings. The summed E-state index contributed by atoms with van der Waals surface area (Å²) in [5.41, 5.74) is 6.41. The third kappa shape index (κ3) is 3.41. The quantitative estimate of drug-likeness (QED) is 0.659. The Kier molecular flexibility index (Phi) is 4.35. The maximum atomic E-state index is 12.1. The highest BCUT2D eigenvalue weighted by Gasteiger charge is 2.44. The van der Waals surface area contributed by atoms with Crippen LogP contribution in [0.15, 0.2) is 45.5 Å². The summed E-state index contributed by atoms with van der Waals surface area (Å²) >= 11 is 6.68. The van der Waals surface area contributed by atoms with Crippen molar-refractivity contribution < 1.29 is 9.59 Å². The number of carbonyl (C=O) groups is 2. The normalized spacial score (nSPS) is 19.5. The summed E-state index contributed by atoms with van der Waals surface area (Å²) < 4.78 is 1.78. The van der Waals surface area contributed by atoms with Crippen LogP contribution < -0.4 is 10.9 Å². The topological polar surface area (TPSA) is 74.0 Å². The Labute approximate surface area is 144 Å². The third-order valence-electron chi connectivity index (χ3n) is 3.60. The third-order valence-corrected chi connectivity index (χ3v) is 4.55. The van der Waals surface area contributed by atoms with Crippen LogP contribution in [-0.4, -0.2) is 16.8 Å². The van der Waals surface area contributed by atoms with Crippen molar-refractivity contribution in [3.8, 4) is 0 Å². The molecule has 0 radical (unpaired) electrons. The molecule has 1 aromatic heterocycles. The van der Waals surface area contributed by atoms with Crippen molar-refractivity contribution in [3.05, 3.63) is 56.7 Å². The summed E-state index contributed by atoms with van der Waals surface area (Å²) in [6.07, 6.45) is 2.45. The number of amides is 2. The van der Waals surface area contributed by atoms with Gasteiger partial charge in [0.2, 0.25) is 5.91 Å². The van der Waals surface area contributed by atoms with Gasteiger partial charge in [-0.15, -0.1) is 0 Å². The Balaban J connectivity index is 1.52. The van der Waals surface area contributed by atoms with Gasteiger partial charge in [-0.2, -0.15) is 0 Å². The van der Waals surface area contributed by atoms with E-state index in [1.165, 1.54) is 0 Å². The van der Waals surface area contributed by atoms with Crippen LogP contribution in [0.5, 0.6) is 0 Å². The van der Waals surface area contributed by atoms with E-state index in [-0.39, 0.29) is 23.7 Å². The molecule has 1 heterocycles. The first kappa shape index (κ1) is 15.3. The minimum Gasteiger partial charge on any atom is -0.356 e. The first-order valence-corrected chi connectivity index (χ1v) is 8.33. The Morgan fingerprint density at radius 1 is 1.14 bits per heavy atom. The summed E-state index contributed by atoms with van der Waals surface area (Å²) in [6, 6.07) is 9.58. The van der Waals surface area contributed by atoms with E-state index in [9.17, 15) is 9.59 Å². The molecular formula is C15H13Br2N3O2. The minimum atomic E-state index is -0.376. The number of aromatic nitrogens is 1. The number of nitrogens with one attached hydrogen (secondary N) is 3. The number of H-pyrrole nitrogens is 1. The number of halogens is 2. The van der Waals surface area contributed by atoms with Gasteiger partial charge >= 0.3 is 0 Å². The molecule has 3 N–H and O–H groups in total. The lowest BCUT2D eigenvalue weighted by Crippen LogP contribution is -2.42. The summed E-state index contributed by atoms with van der Waals surface area (Å²) in [6.45, 7) is 0. The number of benzene rings is 1. The highest BCUT2D eigenvalue weighted by molar-refractivity contribution is 9.10. The molecular weight excluding hydrogens is 414 g/mol. The molecule has 0 spiro atoms. The zero-order chi connectivity index (χ0) is 15.7. The van der Waals surface area contributed by atoms with Gasteiger partial charge in [-0.25, -0.2) is 0 Å². The number of hydrogen-bond acceptors (Lipinski definition) is 2. The van der Waals surface area contributed by atoms with E-state index >= 15 is 0 Å². The second-order valence-corrected chi connectivity index (χ2v) is 7.01. The summed E-state index contributed by atoms with van der Waals surface area (Å²) in [5.74, 6) is -0.415.